The fraction of sp³-hybridized carbons (Fsp3) is 0.360. The summed E-state index contributed by atoms with van der Waals surface area (Å²) in [6, 6.07) is 15.0. The zero-order chi connectivity index (χ0) is 23.2. The van der Waals surface area contributed by atoms with Crippen LogP contribution in [0.4, 0.5) is 5.69 Å². The van der Waals surface area contributed by atoms with Crippen molar-refractivity contribution in [3.63, 3.8) is 0 Å². The number of nitrogens with zero attached hydrogens (tertiary/aromatic N) is 3. The lowest BCUT2D eigenvalue weighted by Gasteiger charge is -2.31. The number of rotatable bonds is 7. The molecule has 0 saturated carbocycles. The van der Waals surface area contributed by atoms with Crippen molar-refractivity contribution < 1.29 is 18.8 Å². The molecule has 4 rings (SSSR count). The van der Waals surface area contributed by atoms with Gasteiger partial charge in [0.25, 0.3) is 5.91 Å². The number of aryl methyl sites for hydroxylation is 1. The van der Waals surface area contributed by atoms with Crippen molar-refractivity contribution in [1.29, 1.82) is 0 Å². The van der Waals surface area contributed by atoms with Crippen LogP contribution in [0, 0.1) is 6.92 Å². The molecule has 8 nitrogen and oxygen atoms in total. The van der Waals surface area contributed by atoms with E-state index in [0.717, 1.165) is 24.0 Å². The average molecular weight is 449 g/mol. The van der Waals surface area contributed by atoms with Gasteiger partial charge in [-0.1, -0.05) is 36.3 Å². The number of carbonyl (C=O) groups is 2. The Kier molecular flexibility index (Phi) is 7.02. The lowest BCUT2D eigenvalue weighted by atomic mass is 9.98. The van der Waals surface area contributed by atoms with Gasteiger partial charge in [0.1, 0.15) is 5.75 Å². The maximum Gasteiger partial charge on any atom is 0.260 e. The summed E-state index contributed by atoms with van der Waals surface area (Å²) >= 11 is 0. The second kappa shape index (κ2) is 10.3. The molecule has 2 heterocycles. The van der Waals surface area contributed by atoms with Crippen LogP contribution in [0.5, 0.6) is 5.75 Å². The third-order valence-corrected chi connectivity index (χ3v) is 5.64. The topological polar surface area (TPSA) is 97.6 Å². The predicted molar refractivity (Wildman–Crippen MR) is 124 cm³/mol. The number of benzene rings is 2. The highest BCUT2D eigenvalue weighted by molar-refractivity contribution is 5.91. The standard InChI is InChI=1S/C25H28N4O4/c1-3-22(30)26-20-10-5-8-18(14-20)24-27-25(33-28-24)19-9-6-12-29(15-19)23(31)16-32-21-11-4-7-17(2)13-21/h4-5,7-8,10-11,13-14,19H,3,6,9,12,15-16H2,1-2H3,(H,26,30). The number of anilines is 1. The molecular formula is C25H28N4O4. The average Bonchev–Trinajstić information content (AvgIpc) is 3.33. The van der Waals surface area contributed by atoms with E-state index in [4.69, 9.17) is 9.26 Å². The highest BCUT2D eigenvalue weighted by Gasteiger charge is 2.29. The third kappa shape index (κ3) is 5.77. The van der Waals surface area contributed by atoms with Crippen LogP contribution < -0.4 is 10.1 Å². The van der Waals surface area contributed by atoms with Gasteiger partial charge >= 0.3 is 0 Å². The Morgan fingerprint density at radius 2 is 2.06 bits per heavy atom. The van der Waals surface area contributed by atoms with Gasteiger partial charge in [-0.05, 0) is 49.6 Å². The number of hydrogen-bond donors (Lipinski definition) is 1. The first-order valence-corrected chi connectivity index (χ1v) is 11.2. The Morgan fingerprint density at radius 1 is 1.21 bits per heavy atom. The zero-order valence-corrected chi connectivity index (χ0v) is 18.9. The van der Waals surface area contributed by atoms with E-state index in [1.165, 1.54) is 0 Å². The molecule has 0 radical (unpaired) electrons. The molecule has 0 aliphatic carbocycles. The minimum Gasteiger partial charge on any atom is -0.484 e. The lowest BCUT2D eigenvalue weighted by Crippen LogP contribution is -2.41. The van der Waals surface area contributed by atoms with Gasteiger partial charge < -0.3 is 19.5 Å². The number of hydrogen-bond acceptors (Lipinski definition) is 6. The van der Waals surface area contributed by atoms with Crippen LogP contribution in [-0.2, 0) is 9.59 Å². The molecular weight excluding hydrogens is 420 g/mol. The van der Waals surface area contributed by atoms with Gasteiger partial charge in [0.2, 0.25) is 17.6 Å². The van der Waals surface area contributed by atoms with Crippen molar-refractivity contribution >= 4 is 17.5 Å². The smallest absolute Gasteiger partial charge is 0.260 e. The van der Waals surface area contributed by atoms with E-state index >= 15 is 0 Å². The molecule has 172 valence electrons. The van der Waals surface area contributed by atoms with E-state index in [0.29, 0.717) is 42.7 Å². The van der Waals surface area contributed by atoms with E-state index in [1.807, 2.05) is 55.5 Å². The van der Waals surface area contributed by atoms with Crippen molar-refractivity contribution in [3.05, 3.63) is 60.0 Å². The lowest BCUT2D eigenvalue weighted by molar-refractivity contribution is -0.134. The number of carbonyl (C=O) groups excluding carboxylic acids is 2. The summed E-state index contributed by atoms with van der Waals surface area (Å²) < 4.78 is 11.2. The third-order valence-electron chi connectivity index (χ3n) is 5.64. The van der Waals surface area contributed by atoms with E-state index in [2.05, 4.69) is 15.5 Å². The van der Waals surface area contributed by atoms with Gasteiger partial charge in [-0.25, -0.2) is 0 Å². The number of aromatic nitrogens is 2. The fourth-order valence-electron chi connectivity index (χ4n) is 3.85. The van der Waals surface area contributed by atoms with Crippen LogP contribution in [0.2, 0.25) is 0 Å². The molecule has 1 atom stereocenters. The molecule has 1 N–H and O–H groups in total. The summed E-state index contributed by atoms with van der Waals surface area (Å²) in [5.41, 5.74) is 2.53. The molecule has 2 aromatic carbocycles. The Bertz CT molecular complexity index is 1130. The van der Waals surface area contributed by atoms with Gasteiger partial charge in [-0.2, -0.15) is 4.98 Å². The Balaban J connectivity index is 1.38. The summed E-state index contributed by atoms with van der Waals surface area (Å²) in [6.07, 6.45) is 2.14. The summed E-state index contributed by atoms with van der Waals surface area (Å²) in [6.45, 7) is 5.00. The Morgan fingerprint density at radius 3 is 2.88 bits per heavy atom. The van der Waals surface area contributed by atoms with Crippen LogP contribution in [0.25, 0.3) is 11.4 Å². The first-order chi connectivity index (χ1) is 16.0. The van der Waals surface area contributed by atoms with Crippen LogP contribution in [0.15, 0.2) is 53.1 Å². The number of ether oxygens (including phenoxy) is 1. The Labute approximate surface area is 192 Å². The molecule has 2 amide bonds. The second-order valence-electron chi connectivity index (χ2n) is 8.22. The summed E-state index contributed by atoms with van der Waals surface area (Å²) in [5.74, 6) is 1.54. The number of likely N-dealkylation sites (tertiary alicyclic amines) is 1. The number of nitrogens with one attached hydrogen (secondary N) is 1. The minimum atomic E-state index is -0.0562. The number of amides is 2. The van der Waals surface area contributed by atoms with E-state index in [9.17, 15) is 9.59 Å². The van der Waals surface area contributed by atoms with E-state index in [1.54, 1.807) is 11.8 Å². The molecule has 8 heteroatoms. The largest absolute Gasteiger partial charge is 0.484 e. The molecule has 0 bridgehead atoms. The SMILES string of the molecule is CCC(=O)Nc1cccc(-c2noc(C3CCCN(C(=O)COc4cccc(C)c4)C3)n2)c1. The normalized spacial score (nSPS) is 15.8. The highest BCUT2D eigenvalue weighted by atomic mass is 16.5. The maximum atomic E-state index is 12.7. The maximum absolute atomic E-state index is 12.7. The molecule has 3 aromatic rings. The van der Waals surface area contributed by atoms with Crippen molar-refractivity contribution in [3.8, 4) is 17.1 Å². The van der Waals surface area contributed by atoms with Gasteiger partial charge in [-0.15, -0.1) is 0 Å². The van der Waals surface area contributed by atoms with Crippen molar-refractivity contribution in [1.82, 2.24) is 15.0 Å². The van der Waals surface area contributed by atoms with E-state index in [-0.39, 0.29) is 24.3 Å². The predicted octanol–water partition coefficient (Wildman–Crippen LogP) is 4.18. The zero-order valence-electron chi connectivity index (χ0n) is 18.9. The molecule has 1 unspecified atom stereocenters. The van der Waals surface area contributed by atoms with E-state index < -0.39 is 0 Å². The second-order valence-corrected chi connectivity index (χ2v) is 8.22. The molecule has 1 aliphatic heterocycles. The van der Waals surface area contributed by atoms with Crippen molar-refractivity contribution in [2.45, 2.75) is 39.0 Å². The van der Waals surface area contributed by atoms with Gasteiger partial charge in [-0.3, -0.25) is 9.59 Å². The minimum absolute atomic E-state index is 0.00152. The first-order valence-electron chi connectivity index (χ1n) is 11.2. The molecule has 0 spiro atoms. The molecule has 33 heavy (non-hydrogen) atoms. The molecule has 1 aromatic heterocycles. The molecule has 1 aliphatic rings. The molecule has 1 saturated heterocycles. The van der Waals surface area contributed by atoms with Crippen molar-refractivity contribution in [2.75, 3.05) is 25.0 Å². The van der Waals surface area contributed by atoms with Crippen LogP contribution in [0.3, 0.4) is 0 Å². The monoisotopic (exact) mass is 448 g/mol. The van der Waals surface area contributed by atoms with Crippen molar-refractivity contribution in [2.24, 2.45) is 0 Å². The van der Waals surface area contributed by atoms with Crippen LogP contribution >= 0.6 is 0 Å². The highest BCUT2D eigenvalue weighted by Crippen LogP contribution is 2.28. The van der Waals surface area contributed by atoms with Gasteiger partial charge in [0.05, 0.1) is 5.92 Å². The summed E-state index contributed by atoms with van der Waals surface area (Å²) in [5, 5.41) is 6.97. The van der Waals surface area contributed by atoms with Gasteiger partial charge in [0.15, 0.2) is 6.61 Å². The summed E-state index contributed by atoms with van der Waals surface area (Å²) in [4.78, 5) is 30.8. The summed E-state index contributed by atoms with van der Waals surface area (Å²) in [7, 11) is 0. The Hall–Kier alpha value is -3.68. The van der Waals surface area contributed by atoms with Gasteiger partial charge in [0, 0.05) is 30.8 Å². The van der Waals surface area contributed by atoms with Crippen LogP contribution in [-0.4, -0.2) is 46.6 Å². The number of piperidine rings is 1. The first kappa shape index (κ1) is 22.5. The van der Waals surface area contributed by atoms with Crippen LogP contribution in [0.1, 0.15) is 43.6 Å². The quantitative estimate of drug-likeness (QED) is 0.582. The molecule has 1 fully saturated rings. The fourth-order valence-corrected chi connectivity index (χ4v) is 3.85.